The molecule has 0 aliphatic carbocycles. The van der Waals surface area contributed by atoms with Gasteiger partial charge in [0.2, 0.25) is 0 Å². The number of esters is 1. The van der Waals surface area contributed by atoms with Gasteiger partial charge in [-0.3, -0.25) is 0 Å². The van der Waals surface area contributed by atoms with Crippen LogP contribution < -0.4 is 5.32 Å². The van der Waals surface area contributed by atoms with Gasteiger partial charge in [-0.05, 0) is 30.2 Å². The summed E-state index contributed by atoms with van der Waals surface area (Å²) < 4.78 is 6.77. The fourth-order valence-electron chi connectivity index (χ4n) is 2.61. The monoisotopic (exact) mass is 336 g/mol. The summed E-state index contributed by atoms with van der Waals surface area (Å²) in [6, 6.07) is 11.9. The maximum absolute atomic E-state index is 11.6. The molecule has 0 saturated heterocycles. The van der Waals surface area contributed by atoms with E-state index >= 15 is 0 Å². The zero-order chi connectivity index (χ0) is 17.6. The molecule has 0 bridgehead atoms. The van der Waals surface area contributed by atoms with Gasteiger partial charge in [0.1, 0.15) is 5.82 Å². The molecule has 0 saturated carbocycles. The van der Waals surface area contributed by atoms with Gasteiger partial charge in [0.25, 0.3) is 0 Å². The number of imidazole rings is 1. The van der Waals surface area contributed by atoms with Crippen molar-refractivity contribution in [3.05, 3.63) is 77.5 Å². The minimum Gasteiger partial charge on any atom is -0.465 e. The number of carbonyl (C=O) groups is 1. The van der Waals surface area contributed by atoms with Crippen molar-refractivity contribution in [2.75, 3.05) is 12.4 Å². The lowest BCUT2D eigenvalue weighted by Gasteiger charge is -2.10. The van der Waals surface area contributed by atoms with Gasteiger partial charge in [0.05, 0.1) is 24.7 Å². The molecular formula is C19H20N4O2. The molecule has 3 rings (SSSR count). The van der Waals surface area contributed by atoms with Crippen LogP contribution in [-0.4, -0.2) is 27.6 Å². The van der Waals surface area contributed by atoms with Gasteiger partial charge in [-0.25, -0.2) is 14.8 Å². The SMILES string of the molecule is COC(=O)c1ccc(NCc2cccc(Cn3ccnc3)c2)nc1C. The average Bonchev–Trinajstić information content (AvgIpc) is 3.13. The summed E-state index contributed by atoms with van der Waals surface area (Å²) in [6.07, 6.45) is 5.53. The summed E-state index contributed by atoms with van der Waals surface area (Å²) in [6.45, 7) is 3.24. The fraction of sp³-hybridized carbons (Fsp3) is 0.211. The molecular weight excluding hydrogens is 316 g/mol. The highest BCUT2D eigenvalue weighted by atomic mass is 16.5. The number of nitrogens with zero attached hydrogens (tertiary/aromatic N) is 3. The number of benzene rings is 1. The molecule has 0 fully saturated rings. The quantitative estimate of drug-likeness (QED) is 0.701. The second kappa shape index (κ2) is 7.61. The molecule has 0 aliphatic heterocycles. The lowest BCUT2D eigenvalue weighted by Crippen LogP contribution is -2.08. The number of hydrogen-bond acceptors (Lipinski definition) is 5. The van der Waals surface area contributed by atoms with E-state index in [4.69, 9.17) is 4.74 Å². The Morgan fingerprint density at radius 3 is 2.80 bits per heavy atom. The molecule has 0 radical (unpaired) electrons. The zero-order valence-electron chi connectivity index (χ0n) is 14.3. The van der Waals surface area contributed by atoms with Gasteiger partial charge >= 0.3 is 5.97 Å². The number of nitrogens with one attached hydrogen (secondary N) is 1. The zero-order valence-corrected chi connectivity index (χ0v) is 14.3. The van der Waals surface area contributed by atoms with Crippen molar-refractivity contribution < 1.29 is 9.53 Å². The Balaban J connectivity index is 1.65. The van der Waals surface area contributed by atoms with Crippen molar-refractivity contribution in [3.8, 4) is 0 Å². The molecule has 1 aromatic carbocycles. The van der Waals surface area contributed by atoms with Crippen LogP contribution in [0.3, 0.4) is 0 Å². The molecule has 2 heterocycles. The molecule has 128 valence electrons. The van der Waals surface area contributed by atoms with Crippen LogP contribution >= 0.6 is 0 Å². The first kappa shape index (κ1) is 16.7. The van der Waals surface area contributed by atoms with Gasteiger partial charge < -0.3 is 14.6 Å². The van der Waals surface area contributed by atoms with Crippen LogP contribution in [0.25, 0.3) is 0 Å². The van der Waals surface area contributed by atoms with Crippen molar-refractivity contribution in [3.63, 3.8) is 0 Å². The fourth-order valence-corrected chi connectivity index (χ4v) is 2.61. The first-order valence-electron chi connectivity index (χ1n) is 7.99. The van der Waals surface area contributed by atoms with Gasteiger partial charge in [-0.15, -0.1) is 0 Å². The number of methoxy groups -OCH3 is 1. The Hall–Kier alpha value is -3.15. The van der Waals surface area contributed by atoms with Crippen LogP contribution in [-0.2, 0) is 17.8 Å². The largest absolute Gasteiger partial charge is 0.465 e. The first-order valence-corrected chi connectivity index (χ1v) is 7.99. The van der Waals surface area contributed by atoms with Crippen LogP contribution in [0.15, 0.2) is 55.1 Å². The Morgan fingerprint density at radius 1 is 1.24 bits per heavy atom. The Kier molecular flexibility index (Phi) is 5.09. The number of anilines is 1. The summed E-state index contributed by atoms with van der Waals surface area (Å²) >= 11 is 0. The van der Waals surface area contributed by atoms with E-state index in [0.29, 0.717) is 17.8 Å². The molecule has 1 N–H and O–H groups in total. The summed E-state index contributed by atoms with van der Waals surface area (Å²) in [7, 11) is 1.37. The maximum atomic E-state index is 11.6. The predicted molar refractivity (Wildman–Crippen MR) is 95.4 cm³/mol. The number of carbonyl (C=O) groups excluding carboxylic acids is 1. The van der Waals surface area contributed by atoms with Gasteiger partial charge in [-0.2, -0.15) is 0 Å². The van der Waals surface area contributed by atoms with E-state index in [0.717, 1.165) is 17.9 Å². The molecule has 0 aliphatic rings. The van der Waals surface area contributed by atoms with E-state index in [9.17, 15) is 4.79 Å². The summed E-state index contributed by atoms with van der Waals surface area (Å²) in [5, 5.41) is 3.29. The number of aromatic nitrogens is 3. The summed E-state index contributed by atoms with van der Waals surface area (Å²) in [5.74, 6) is 0.355. The predicted octanol–water partition coefficient (Wildman–Crippen LogP) is 3.03. The number of pyridine rings is 1. The maximum Gasteiger partial charge on any atom is 0.339 e. The summed E-state index contributed by atoms with van der Waals surface area (Å²) in [5.41, 5.74) is 3.50. The van der Waals surface area contributed by atoms with E-state index in [1.807, 2.05) is 16.8 Å². The molecule has 0 amide bonds. The number of ether oxygens (including phenoxy) is 1. The van der Waals surface area contributed by atoms with Gasteiger partial charge in [-0.1, -0.05) is 24.3 Å². The smallest absolute Gasteiger partial charge is 0.339 e. The molecule has 0 spiro atoms. The third kappa shape index (κ3) is 4.23. The van der Waals surface area contributed by atoms with Crippen molar-refractivity contribution in [2.24, 2.45) is 0 Å². The Bertz CT molecular complexity index is 860. The third-order valence-corrected chi connectivity index (χ3v) is 3.88. The second-order valence-corrected chi connectivity index (χ2v) is 5.73. The first-order chi connectivity index (χ1) is 12.2. The van der Waals surface area contributed by atoms with Crippen molar-refractivity contribution in [2.45, 2.75) is 20.0 Å². The molecule has 6 heteroatoms. The van der Waals surface area contributed by atoms with E-state index in [-0.39, 0.29) is 5.97 Å². The van der Waals surface area contributed by atoms with E-state index in [1.165, 1.54) is 12.7 Å². The lowest BCUT2D eigenvalue weighted by molar-refractivity contribution is 0.0599. The van der Waals surface area contributed by atoms with Gasteiger partial charge in [0, 0.05) is 25.5 Å². The number of rotatable bonds is 6. The molecule has 0 unspecified atom stereocenters. The number of aryl methyl sites for hydroxylation is 1. The van der Waals surface area contributed by atoms with Crippen LogP contribution in [0.2, 0.25) is 0 Å². The van der Waals surface area contributed by atoms with Crippen molar-refractivity contribution in [1.82, 2.24) is 14.5 Å². The highest BCUT2D eigenvalue weighted by molar-refractivity contribution is 5.90. The second-order valence-electron chi connectivity index (χ2n) is 5.73. The van der Waals surface area contributed by atoms with Crippen LogP contribution in [0.1, 0.15) is 27.2 Å². The van der Waals surface area contributed by atoms with Crippen molar-refractivity contribution >= 4 is 11.8 Å². The molecule has 2 aromatic heterocycles. The van der Waals surface area contributed by atoms with E-state index in [2.05, 4.69) is 33.5 Å². The van der Waals surface area contributed by atoms with Gasteiger partial charge in [0.15, 0.2) is 0 Å². The normalized spacial score (nSPS) is 10.5. The van der Waals surface area contributed by atoms with E-state index < -0.39 is 0 Å². The minimum absolute atomic E-state index is 0.372. The van der Waals surface area contributed by atoms with Crippen molar-refractivity contribution in [1.29, 1.82) is 0 Å². The minimum atomic E-state index is -0.372. The molecule has 3 aromatic rings. The van der Waals surface area contributed by atoms with Crippen LogP contribution in [0, 0.1) is 6.92 Å². The highest BCUT2D eigenvalue weighted by Gasteiger charge is 2.10. The average molecular weight is 336 g/mol. The van der Waals surface area contributed by atoms with Crippen LogP contribution in [0.5, 0.6) is 0 Å². The lowest BCUT2D eigenvalue weighted by atomic mass is 10.1. The summed E-state index contributed by atoms with van der Waals surface area (Å²) in [4.78, 5) is 20.1. The molecule has 25 heavy (non-hydrogen) atoms. The molecule has 0 atom stereocenters. The third-order valence-electron chi connectivity index (χ3n) is 3.88. The number of hydrogen-bond donors (Lipinski definition) is 1. The highest BCUT2D eigenvalue weighted by Crippen LogP contribution is 2.14. The standard InChI is InChI=1S/C19H20N4O2/c1-14-17(19(24)25-2)6-7-18(22-14)21-11-15-4-3-5-16(10-15)12-23-9-8-20-13-23/h3-10,13H,11-12H2,1-2H3,(H,21,22). The Morgan fingerprint density at radius 2 is 2.08 bits per heavy atom. The van der Waals surface area contributed by atoms with E-state index in [1.54, 1.807) is 31.6 Å². The molecule has 6 nitrogen and oxygen atoms in total. The topological polar surface area (TPSA) is 69.0 Å². The Labute approximate surface area is 146 Å². The van der Waals surface area contributed by atoms with Crippen LogP contribution in [0.4, 0.5) is 5.82 Å².